The zero-order chi connectivity index (χ0) is 12.2. The molecule has 0 aromatic rings. The molecule has 0 aliphatic carbocycles. The Hall–Kier alpha value is -0.260. The number of rotatable bonds is 11. The van der Waals surface area contributed by atoms with E-state index in [1.54, 1.807) is 0 Å². The third kappa shape index (κ3) is 7.09. The van der Waals surface area contributed by atoms with Gasteiger partial charge in [-0.05, 0) is 24.7 Å². The van der Waals surface area contributed by atoms with Gasteiger partial charge in [-0.1, -0.05) is 71.8 Å². The molecule has 0 amide bonds. The topological polar surface area (TPSA) is 0 Å². The summed E-state index contributed by atoms with van der Waals surface area (Å²) >= 11 is 0. The highest BCUT2D eigenvalue weighted by Crippen LogP contribution is 2.30. The van der Waals surface area contributed by atoms with Gasteiger partial charge in [0.2, 0.25) is 0 Å². The van der Waals surface area contributed by atoms with Gasteiger partial charge in [-0.2, -0.15) is 0 Å². The van der Waals surface area contributed by atoms with E-state index in [0.717, 1.165) is 11.8 Å². The molecule has 0 bridgehead atoms. The molecule has 0 heteroatoms. The Labute approximate surface area is 104 Å². The van der Waals surface area contributed by atoms with Crippen molar-refractivity contribution in [2.45, 2.75) is 78.6 Å². The van der Waals surface area contributed by atoms with Crippen molar-refractivity contribution in [3.8, 4) is 0 Å². The summed E-state index contributed by atoms with van der Waals surface area (Å²) in [6.07, 6.45) is 14.4. The molecule has 0 fully saturated rings. The lowest BCUT2D eigenvalue weighted by atomic mass is 9.80. The van der Waals surface area contributed by atoms with E-state index in [9.17, 15) is 0 Å². The molecule has 2 unspecified atom stereocenters. The monoisotopic (exact) mass is 224 g/mol. The second-order valence-electron chi connectivity index (χ2n) is 5.08. The SMILES string of the molecule is C=CCCC(CC)C(CCC)CCCCC. The van der Waals surface area contributed by atoms with E-state index in [4.69, 9.17) is 0 Å². The van der Waals surface area contributed by atoms with Crippen LogP contribution in [-0.4, -0.2) is 0 Å². The van der Waals surface area contributed by atoms with Crippen molar-refractivity contribution < 1.29 is 0 Å². The molecule has 0 aromatic heterocycles. The molecule has 0 spiro atoms. The Bertz CT molecular complexity index is 148. The van der Waals surface area contributed by atoms with E-state index in [2.05, 4.69) is 33.4 Å². The van der Waals surface area contributed by atoms with Crippen LogP contribution in [0.25, 0.3) is 0 Å². The van der Waals surface area contributed by atoms with Crippen LogP contribution in [0.4, 0.5) is 0 Å². The van der Waals surface area contributed by atoms with E-state index in [0.29, 0.717) is 0 Å². The van der Waals surface area contributed by atoms with Crippen molar-refractivity contribution >= 4 is 0 Å². The van der Waals surface area contributed by atoms with E-state index in [1.165, 1.54) is 57.8 Å². The highest BCUT2D eigenvalue weighted by molar-refractivity contribution is 4.74. The molecule has 0 rings (SSSR count). The van der Waals surface area contributed by atoms with Gasteiger partial charge >= 0.3 is 0 Å². The summed E-state index contributed by atoms with van der Waals surface area (Å²) in [5.41, 5.74) is 0. The minimum atomic E-state index is 0.940. The molecule has 96 valence electrons. The average Bonchev–Trinajstić information content (AvgIpc) is 2.30. The first-order valence-electron chi connectivity index (χ1n) is 7.40. The summed E-state index contributed by atoms with van der Waals surface area (Å²) in [6.45, 7) is 10.8. The predicted molar refractivity (Wildman–Crippen MR) is 75.8 cm³/mol. The van der Waals surface area contributed by atoms with E-state index >= 15 is 0 Å². The maximum Gasteiger partial charge on any atom is -0.0351 e. The van der Waals surface area contributed by atoms with Gasteiger partial charge in [0.15, 0.2) is 0 Å². The number of unbranched alkanes of at least 4 members (excludes halogenated alkanes) is 2. The molecule has 0 heterocycles. The average molecular weight is 224 g/mol. The third-order valence-corrected chi connectivity index (χ3v) is 3.77. The van der Waals surface area contributed by atoms with Crippen LogP contribution in [0.5, 0.6) is 0 Å². The van der Waals surface area contributed by atoms with Crippen LogP contribution in [0.15, 0.2) is 12.7 Å². The zero-order valence-electron chi connectivity index (χ0n) is 11.8. The maximum atomic E-state index is 3.85. The highest BCUT2D eigenvalue weighted by Gasteiger charge is 2.17. The molecule has 2 atom stereocenters. The van der Waals surface area contributed by atoms with Crippen LogP contribution < -0.4 is 0 Å². The van der Waals surface area contributed by atoms with Gasteiger partial charge in [0.1, 0.15) is 0 Å². The molecule has 0 aliphatic rings. The maximum absolute atomic E-state index is 3.85. The van der Waals surface area contributed by atoms with Crippen molar-refractivity contribution in [2.75, 3.05) is 0 Å². The van der Waals surface area contributed by atoms with Crippen LogP contribution in [-0.2, 0) is 0 Å². The first kappa shape index (κ1) is 15.7. The van der Waals surface area contributed by atoms with Crippen molar-refractivity contribution in [1.82, 2.24) is 0 Å². The lowest BCUT2D eigenvalue weighted by molar-refractivity contribution is 0.262. The van der Waals surface area contributed by atoms with Gasteiger partial charge in [-0.3, -0.25) is 0 Å². The lowest BCUT2D eigenvalue weighted by Gasteiger charge is -2.26. The Morgan fingerprint density at radius 3 is 2.12 bits per heavy atom. The molecule has 0 nitrogen and oxygen atoms in total. The number of hydrogen-bond acceptors (Lipinski definition) is 0. The molecule has 0 radical (unpaired) electrons. The van der Waals surface area contributed by atoms with Gasteiger partial charge in [0.25, 0.3) is 0 Å². The Balaban J connectivity index is 4.04. The first-order chi connectivity index (χ1) is 7.79. The fourth-order valence-electron chi connectivity index (χ4n) is 2.75. The van der Waals surface area contributed by atoms with E-state index in [-0.39, 0.29) is 0 Å². The summed E-state index contributed by atoms with van der Waals surface area (Å²) in [4.78, 5) is 0. The molecular weight excluding hydrogens is 192 g/mol. The standard InChI is InChI=1S/C16H32/c1-5-9-11-14-16(12-7-3)15(8-4)13-10-6-2/h6,15-16H,2,5,7-14H2,1,3-4H3. The first-order valence-corrected chi connectivity index (χ1v) is 7.40. The summed E-state index contributed by atoms with van der Waals surface area (Å²) < 4.78 is 0. The van der Waals surface area contributed by atoms with Gasteiger partial charge in [-0.15, -0.1) is 6.58 Å². The zero-order valence-corrected chi connectivity index (χ0v) is 11.8. The van der Waals surface area contributed by atoms with Gasteiger partial charge in [0.05, 0.1) is 0 Å². The Morgan fingerprint density at radius 2 is 1.62 bits per heavy atom. The Kier molecular flexibility index (Phi) is 11.0. The number of hydrogen-bond donors (Lipinski definition) is 0. The lowest BCUT2D eigenvalue weighted by Crippen LogP contribution is -2.14. The van der Waals surface area contributed by atoms with Crippen LogP contribution in [0, 0.1) is 11.8 Å². The van der Waals surface area contributed by atoms with Crippen LogP contribution in [0.1, 0.15) is 78.6 Å². The molecule has 16 heavy (non-hydrogen) atoms. The predicted octanol–water partition coefficient (Wildman–Crippen LogP) is 5.98. The molecular formula is C16H32. The molecule has 0 saturated carbocycles. The van der Waals surface area contributed by atoms with Crippen LogP contribution in [0.3, 0.4) is 0 Å². The fourth-order valence-corrected chi connectivity index (χ4v) is 2.75. The van der Waals surface area contributed by atoms with E-state index < -0.39 is 0 Å². The van der Waals surface area contributed by atoms with Crippen LogP contribution >= 0.6 is 0 Å². The second-order valence-corrected chi connectivity index (χ2v) is 5.08. The van der Waals surface area contributed by atoms with E-state index in [1.807, 2.05) is 0 Å². The largest absolute Gasteiger partial charge is 0.103 e. The van der Waals surface area contributed by atoms with Crippen LogP contribution in [0.2, 0.25) is 0 Å². The molecule has 0 aromatic carbocycles. The normalized spacial score (nSPS) is 14.7. The number of allylic oxidation sites excluding steroid dienone is 1. The van der Waals surface area contributed by atoms with Gasteiger partial charge < -0.3 is 0 Å². The minimum Gasteiger partial charge on any atom is -0.103 e. The fraction of sp³-hybridized carbons (Fsp3) is 0.875. The summed E-state index contributed by atoms with van der Waals surface area (Å²) in [5, 5.41) is 0. The molecule has 0 saturated heterocycles. The molecule has 0 N–H and O–H groups in total. The second kappa shape index (κ2) is 11.2. The minimum absolute atomic E-state index is 0.940. The summed E-state index contributed by atoms with van der Waals surface area (Å²) in [5.74, 6) is 1.91. The van der Waals surface area contributed by atoms with Crippen molar-refractivity contribution in [3.63, 3.8) is 0 Å². The van der Waals surface area contributed by atoms with Crippen molar-refractivity contribution in [1.29, 1.82) is 0 Å². The van der Waals surface area contributed by atoms with Crippen molar-refractivity contribution in [3.05, 3.63) is 12.7 Å². The van der Waals surface area contributed by atoms with Gasteiger partial charge in [-0.25, -0.2) is 0 Å². The smallest absolute Gasteiger partial charge is 0.0351 e. The summed E-state index contributed by atoms with van der Waals surface area (Å²) in [6, 6.07) is 0. The molecule has 0 aliphatic heterocycles. The quantitative estimate of drug-likeness (QED) is 0.299. The van der Waals surface area contributed by atoms with Crippen molar-refractivity contribution in [2.24, 2.45) is 11.8 Å². The summed E-state index contributed by atoms with van der Waals surface area (Å²) in [7, 11) is 0. The highest BCUT2D eigenvalue weighted by atomic mass is 14.2. The van der Waals surface area contributed by atoms with Gasteiger partial charge in [0, 0.05) is 0 Å². The third-order valence-electron chi connectivity index (χ3n) is 3.77. The Morgan fingerprint density at radius 1 is 0.875 bits per heavy atom.